The number of aromatic nitrogens is 2. The molecule has 0 spiro atoms. The monoisotopic (exact) mass is 241 g/mol. The zero-order valence-electron chi connectivity index (χ0n) is 9.52. The van der Waals surface area contributed by atoms with Crippen LogP contribution < -0.4 is 16.4 Å². The van der Waals surface area contributed by atoms with Crippen molar-refractivity contribution in [2.45, 2.75) is 19.8 Å². The van der Waals surface area contributed by atoms with Crippen LogP contribution in [0.4, 0.5) is 5.82 Å². The minimum absolute atomic E-state index is 0.0704. The predicted molar refractivity (Wildman–Crippen MR) is 59.0 cm³/mol. The maximum Gasteiger partial charge on any atom is 0.277 e. The molecule has 1 aromatic heterocycles. The van der Waals surface area contributed by atoms with Gasteiger partial charge < -0.3 is 16.4 Å². The minimum Gasteiger partial charge on any atom is -0.379 e. The van der Waals surface area contributed by atoms with Crippen LogP contribution in [0.25, 0.3) is 0 Å². The standard InChI is InChI=1S/C9H15N5O3/c1-2-4-11-6(15)3-5-12-9(16)7-8(10)14-17-13-7/h2-5H2,1H3,(H2,10,14)(H,11,15)(H,12,16). The summed E-state index contributed by atoms with van der Waals surface area (Å²) >= 11 is 0. The summed E-state index contributed by atoms with van der Waals surface area (Å²) in [6.45, 7) is 2.80. The molecule has 2 amide bonds. The van der Waals surface area contributed by atoms with Crippen LogP contribution >= 0.6 is 0 Å². The first-order chi connectivity index (χ1) is 8.15. The highest BCUT2D eigenvalue weighted by Gasteiger charge is 2.15. The zero-order chi connectivity index (χ0) is 12.7. The summed E-state index contributed by atoms with van der Waals surface area (Å²) in [6.07, 6.45) is 1.08. The summed E-state index contributed by atoms with van der Waals surface area (Å²) in [5.41, 5.74) is 5.26. The maximum atomic E-state index is 11.4. The van der Waals surface area contributed by atoms with Gasteiger partial charge in [-0.05, 0) is 16.7 Å². The minimum atomic E-state index is -0.507. The number of carbonyl (C=O) groups excluding carboxylic acids is 2. The van der Waals surface area contributed by atoms with Gasteiger partial charge in [-0.3, -0.25) is 9.59 Å². The first-order valence-corrected chi connectivity index (χ1v) is 5.28. The summed E-state index contributed by atoms with van der Waals surface area (Å²) in [6, 6.07) is 0. The van der Waals surface area contributed by atoms with Crippen molar-refractivity contribution in [2.24, 2.45) is 0 Å². The topological polar surface area (TPSA) is 123 Å². The van der Waals surface area contributed by atoms with Crippen LogP contribution in [0, 0.1) is 0 Å². The Balaban J connectivity index is 2.25. The summed E-state index contributed by atoms with van der Waals surface area (Å²) in [7, 11) is 0. The van der Waals surface area contributed by atoms with Crippen molar-refractivity contribution in [3.8, 4) is 0 Å². The van der Waals surface area contributed by atoms with Gasteiger partial charge in [-0.2, -0.15) is 0 Å². The molecule has 0 fully saturated rings. The van der Waals surface area contributed by atoms with Crippen molar-refractivity contribution in [2.75, 3.05) is 18.8 Å². The number of nitrogens with two attached hydrogens (primary N) is 1. The number of amides is 2. The number of hydrogen-bond donors (Lipinski definition) is 3. The molecule has 1 rings (SSSR count). The van der Waals surface area contributed by atoms with E-state index in [0.717, 1.165) is 6.42 Å². The van der Waals surface area contributed by atoms with E-state index in [-0.39, 0.29) is 30.4 Å². The van der Waals surface area contributed by atoms with Crippen molar-refractivity contribution in [3.05, 3.63) is 5.69 Å². The Morgan fingerprint density at radius 2 is 2.06 bits per heavy atom. The van der Waals surface area contributed by atoms with E-state index in [2.05, 4.69) is 25.6 Å². The third kappa shape index (κ3) is 4.09. The molecule has 17 heavy (non-hydrogen) atoms. The fourth-order valence-electron chi connectivity index (χ4n) is 1.08. The van der Waals surface area contributed by atoms with E-state index >= 15 is 0 Å². The quantitative estimate of drug-likeness (QED) is 0.605. The summed E-state index contributed by atoms with van der Waals surface area (Å²) in [5.74, 6) is -0.691. The van der Waals surface area contributed by atoms with E-state index in [0.29, 0.717) is 6.54 Å². The molecule has 0 aromatic carbocycles. The second-order valence-electron chi connectivity index (χ2n) is 3.35. The van der Waals surface area contributed by atoms with Gasteiger partial charge in [-0.1, -0.05) is 6.92 Å². The van der Waals surface area contributed by atoms with Crippen molar-refractivity contribution in [3.63, 3.8) is 0 Å². The third-order valence-corrected chi connectivity index (χ3v) is 1.94. The molecular weight excluding hydrogens is 226 g/mol. The normalized spacial score (nSPS) is 9.94. The Morgan fingerprint density at radius 1 is 1.29 bits per heavy atom. The number of rotatable bonds is 6. The van der Waals surface area contributed by atoms with E-state index < -0.39 is 5.91 Å². The third-order valence-electron chi connectivity index (χ3n) is 1.94. The van der Waals surface area contributed by atoms with E-state index in [1.54, 1.807) is 0 Å². The molecule has 1 aromatic rings. The van der Waals surface area contributed by atoms with Crippen LogP contribution in [0.2, 0.25) is 0 Å². The molecule has 94 valence electrons. The van der Waals surface area contributed by atoms with Crippen LogP contribution in [0.3, 0.4) is 0 Å². The lowest BCUT2D eigenvalue weighted by atomic mass is 10.3. The van der Waals surface area contributed by atoms with Gasteiger partial charge in [-0.15, -0.1) is 0 Å². The average Bonchev–Trinajstić information content (AvgIpc) is 2.72. The first kappa shape index (κ1) is 12.9. The molecule has 0 saturated carbocycles. The number of nitrogen functional groups attached to an aromatic ring is 1. The molecule has 8 nitrogen and oxygen atoms in total. The van der Waals surface area contributed by atoms with E-state index in [4.69, 9.17) is 5.73 Å². The molecule has 0 saturated heterocycles. The highest BCUT2D eigenvalue weighted by atomic mass is 16.6. The molecule has 4 N–H and O–H groups in total. The Morgan fingerprint density at radius 3 is 2.65 bits per heavy atom. The van der Waals surface area contributed by atoms with Gasteiger partial charge in [0.05, 0.1) is 0 Å². The molecule has 0 unspecified atom stereocenters. The van der Waals surface area contributed by atoms with Crippen LogP contribution in [0.1, 0.15) is 30.3 Å². The zero-order valence-corrected chi connectivity index (χ0v) is 9.52. The largest absolute Gasteiger partial charge is 0.379 e. The molecule has 0 aliphatic heterocycles. The van der Waals surface area contributed by atoms with Gasteiger partial charge in [0, 0.05) is 19.5 Å². The second kappa shape index (κ2) is 6.46. The van der Waals surface area contributed by atoms with Gasteiger partial charge in [-0.25, -0.2) is 4.63 Å². The molecule has 0 aliphatic rings. The first-order valence-electron chi connectivity index (χ1n) is 5.28. The highest BCUT2D eigenvalue weighted by Crippen LogP contribution is 2.02. The predicted octanol–water partition coefficient (Wildman–Crippen LogP) is -0.702. The smallest absolute Gasteiger partial charge is 0.277 e. The molecule has 0 bridgehead atoms. The SMILES string of the molecule is CCCNC(=O)CCNC(=O)c1nonc1N. The average molecular weight is 241 g/mol. The lowest BCUT2D eigenvalue weighted by Gasteiger charge is -2.04. The lowest BCUT2D eigenvalue weighted by molar-refractivity contribution is -0.120. The maximum absolute atomic E-state index is 11.4. The Hall–Kier alpha value is -2.12. The number of nitrogens with one attached hydrogen (secondary N) is 2. The fraction of sp³-hybridized carbons (Fsp3) is 0.556. The molecular formula is C9H15N5O3. The highest BCUT2D eigenvalue weighted by molar-refractivity contribution is 5.96. The van der Waals surface area contributed by atoms with Crippen LogP contribution in [0.15, 0.2) is 4.63 Å². The summed E-state index contributed by atoms with van der Waals surface area (Å²) < 4.78 is 4.28. The Labute approximate surface area is 97.9 Å². The molecule has 0 aliphatic carbocycles. The van der Waals surface area contributed by atoms with Gasteiger partial charge in [0.25, 0.3) is 5.91 Å². The summed E-state index contributed by atoms with van der Waals surface area (Å²) in [4.78, 5) is 22.6. The Kier molecular flexibility index (Phi) is 4.92. The van der Waals surface area contributed by atoms with E-state index in [1.165, 1.54) is 0 Å². The van der Waals surface area contributed by atoms with Gasteiger partial charge in [0.15, 0.2) is 0 Å². The Bertz CT molecular complexity index is 390. The number of hydrogen-bond acceptors (Lipinski definition) is 6. The molecule has 0 atom stereocenters. The number of carbonyl (C=O) groups is 2. The lowest BCUT2D eigenvalue weighted by Crippen LogP contribution is -2.31. The number of nitrogens with zero attached hydrogens (tertiary/aromatic N) is 2. The number of anilines is 1. The van der Waals surface area contributed by atoms with Gasteiger partial charge in [0.1, 0.15) is 0 Å². The van der Waals surface area contributed by atoms with Crippen molar-refractivity contribution < 1.29 is 14.2 Å². The van der Waals surface area contributed by atoms with Crippen molar-refractivity contribution in [1.29, 1.82) is 0 Å². The summed E-state index contributed by atoms with van der Waals surface area (Å²) in [5, 5.41) is 11.8. The van der Waals surface area contributed by atoms with E-state index in [9.17, 15) is 9.59 Å². The van der Waals surface area contributed by atoms with Crippen molar-refractivity contribution in [1.82, 2.24) is 20.9 Å². The van der Waals surface area contributed by atoms with E-state index in [1.807, 2.05) is 6.92 Å². The molecule has 1 heterocycles. The van der Waals surface area contributed by atoms with Crippen LogP contribution in [-0.2, 0) is 4.79 Å². The molecule has 8 heteroatoms. The van der Waals surface area contributed by atoms with Crippen molar-refractivity contribution >= 4 is 17.6 Å². The molecule has 0 radical (unpaired) electrons. The fourth-order valence-corrected chi connectivity index (χ4v) is 1.08. The van der Waals surface area contributed by atoms with Gasteiger partial charge in [0.2, 0.25) is 17.4 Å². The van der Waals surface area contributed by atoms with Crippen LogP contribution in [0.5, 0.6) is 0 Å². The van der Waals surface area contributed by atoms with Crippen LogP contribution in [-0.4, -0.2) is 35.2 Å². The van der Waals surface area contributed by atoms with Gasteiger partial charge >= 0.3 is 0 Å². The second-order valence-corrected chi connectivity index (χ2v) is 3.35.